The van der Waals surface area contributed by atoms with Gasteiger partial charge < -0.3 is 9.47 Å². The summed E-state index contributed by atoms with van der Waals surface area (Å²) in [5, 5.41) is 12.9. The predicted octanol–water partition coefficient (Wildman–Crippen LogP) is 3.35. The third-order valence-corrected chi connectivity index (χ3v) is 6.13. The standard InChI is InChI=1S/C25H34N6O2/c1-25(2,3)31-24(26-27-28-31)23(21-12-11-20(32-4)17-22(21)33-5)30-15-13-29(14-16-30)18-19-9-7-6-8-10-19/h6-12,17,23H,13-16,18H2,1-5H3/t23-/m1/s1. The Morgan fingerprint density at radius 2 is 1.67 bits per heavy atom. The number of ether oxygens (including phenoxy) is 2. The maximum absolute atomic E-state index is 5.79. The van der Waals surface area contributed by atoms with E-state index in [-0.39, 0.29) is 11.6 Å². The maximum atomic E-state index is 5.79. The molecule has 0 unspecified atom stereocenters. The van der Waals surface area contributed by atoms with E-state index in [0.29, 0.717) is 0 Å². The molecule has 0 amide bonds. The largest absolute Gasteiger partial charge is 0.497 e. The van der Waals surface area contributed by atoms with Crippen LogP contribution in [0, 0.1) is 0 Å². The van der Waals surface area contributed by atoms with Gasteiger partial charge in [0.25, 0.3) is 0 Å². The zero-order chi connectivity index (χ0) is 23.4. The van der Waals surface area contributed by atoms with E-state index in [1.807, 2.05) is 16.8 Å². The third kappa shape index (κ3) is 5.17. The van der Waals surface area contributed by atoms with Crippen molar-refractivity contribution in [3.63, 3.8) is 0 Å². The van der Waals surface area contributed by atoms with Crippen molar-refractivity contribution in [3.8, 4) is 11.5 Å². The second-order valence-electron chi connectivity index (χ2n) is 9.43. The second kappa shape index (κ2) is 9.89. The smallest absolute Gasteiger partial charge is 0.173 e. The van der Waals surface area contributed by atoms with Crippen molar-refractivity contribution in [2.75, 3.05) is 40.4 Å². The van der Waals surface area contributed by atoms with Gasteiger partial charge in [-0.3, -0.25) is 9.80 Å². The molecule has 4 rings (SSSR count). The lowest BCUT2D eigenvalue weighted by molar-refractivity contribution is 0.0969. The first-order chi connectivity index (χ1) is 15.9. The molecule has 176 valence electrons. The molecule has 8 nitrogen and oxygen atoms in total. The molecule has 1 fully saturated rings. The second-order valence-corrected chi connectivity index (χ2v) is 9.43. The predicted molar refractivity (Wildman–Crippen MR) is 127 cm³/mol. The molecule has 3 aromatic rings. The Morgan fingerprint density at radius 3 is 2.30 bits per heavy atom. The highest BCUT2D eigenvalue weighted by atomic mass is 16.5. The number of methoxy groups -OCH3 is 2. The quantitative estimate of drug-likeness (QED) is 0.547. The molecule has 2 aromatic carbocycles. The zero-order valence-corrected chi connectivity index (χ0v) is 20.2. The van der Waals surface area contributed by atoms with Crippen molar-refractivity contribution in [1.29, 1.82) is 0 Å². The summed E-state index contributed by atoms with van der Waals surface area (Å²) in [5.74, 6) is 2.36. The summed E-state index contributed by atoms with van der Waals surface area (Å²) in [6, 6.07) is 16.5. The topological polar surface area (TPSA) is 68.5 Å². The normalized spacial score (nSPS) is 16.5. The fourth-order valence-electron chi connectivity index (χ4n) is 4.41. The molecule has 8 heteroatoms. The summed E-state index contributed by atoms with van der Waals surface area (Å²) in [4.78, 5) is 4.96. The van der Waals surface area contributed by atoms with Crippen LogP contribution in [0.1, 0.15) is 43.8 Å². The molecule has 0 bridgehead atoms. The van der Waals surface area contributed by atoms with Crippen molar-refractivity contribution in [2.24, 2.45) is 0 Å². The summed E-state index contributed by atoms with van der Waals surface area (Å²) < 4.78 is 13.1. The van der Waals surface area contributed by atoms with E-state index in [4.69, 9.17) is 9.47 Å². The first kappa shape index (κ1) is 23.2. The van der Waals surface area contributed by atoms with Crippen LogP contribution >= 0.6 is 0 Å². The lowest BCUT2D eigenvalue weighted by Crippen LogP contribution is -2.48. The lowest BCUT2D eigenvalue weighted by Gasteiger charge is -2.39. The fraction of sp³-hybridized carbons (Fsp3) is 0.480. The van der Waals surface area contributed by atoms with E-state index < -0.39 is 0 Å². The van der Waals surface area contributed by atoms with Gasteiger partial charge in [0.1, 0.15) is 17.5 Å². The van der Waals surface area contributed by atoms with Crippen LogP contribution < -0.4 is 9.47 Å². The molecule has 0 aliphatic carbocycles. The van der Waals surface area contributed by atoms with Gasteiger partial charge in [0.05, 0.1) is 19.8 Å². The summed E-state index contributed by atoms with van der Waals surface area (Å²) >= 11 is 0. The highest BCUT2D eigenvalue weighted by Crippen LogP contribution is 2.37. The Hall–Kier alpha value is -2.97. The van der Waals surface area contributed by atoms with E-state index in [2.05, 4.69) is 82.5 Å². The van der Waals surface area contributed by atoms with Crippen molar-refractivity contribution < 1.29 is 9.47 Å². The molecule has 2 heterocycles. The Kier molecular flexibility index (Phi) is 6.95. The number of tetrazole rings is 1. The number of nitrogens with zero attached hydrogens (tertiary/aromatic N) is 6. The van der Waals surface area contributed by atoms with E-state index in [1.165, 1.54) is 5.56 Å². The monoisotopic (exact) mass is 450 g/mol. The van der Waals surface area contributed by atoms with Crippen LogP contribution in [0.15, 0.2) is 48.5 Å². The molecule has 33 heavy (non-hydrogen) atoms. The molecule has 0 spiro atoms. The van der Waals surface area contributed by atoms with Gasteiger partial charge in [-0.25, -0.2) is 4.68 Å². The minimum Gasteiger partial charge on any atom is -0.497 e. The number of piperazine rings is 1. The number of rotatable bonds is 7. The molecule has 0 N–H and O–H groups in total. The number of hydrogen-bond acceptors (Lipinski definition) is 7. The first-order valence-electron chi connectivity index (χ1n) is 11.4. The van der Waals surface area contributed by atoms with Gasteiger partial charge in [-0.05, 0) is 48.9 Å². The molecule has 1 aliphatic heterocycles. The number of benzene rings is 2. The third-order valence-electron chi connectivity index (χ3n) is 6.13. The van der Waals surface area contributed by atoms with Gasteiger partial charge in [0, 0.05) is 44.4 Å². The van der Waals surface area contributed by atoms with Gasteiger partial charge in [0.2, 0.25) is 0 Å². The van der Waals surface area contributed by atoms with Crippen LogP contribution in [0.4, 0.5) is 0 Å². The minimum atomic E-state index is -0.244. The number of hydrogen-bond donors (Lipinski definition) is 0. The van der Waals surface area contributed by atoms with Crippen molar-refractivity contribution in [3.05, 3.63) is 65.5 Å². The van der Waals surface area contributed by atoms with Crippen LogP contribution in [-0.2, 0) is 12.1 Å². The van der Waals surface area contributed by atoms with Crippen molar-refractivity contribution in [1.82, 2.24) is 30.0 Å². The molecular weight excluding hydrogens is 416 g/mol. The van der Waals surface area contributed by atoms with Crippen LogP contribution in [0.25, 0.3) is 0 Å². The molecular formula is C25H34N6O2. The Labute approximate surface area is 196 Å². The molecule has 1 saturated heterocycles. The average molecular weight is 451 g/mol. The van der Waals surface area contributed by atoms with Crippen LogP contribution in [0.5, 0.6) is 11.5 Å². The molecule has 1 aliphatic rings. The summed E-state index contributed by atoms with van der Waals surface area (Å²) in [7, 11) is 3.36. The summed E-state index contributed by atoms with van der Waals surface area (Å²) in [6.07, 6.45) is 0. The molecule has 1 atom stereocenters. The maximum Gasteiger partial charge on any atom is 0.173 e. The Morgan fingerprint density at radius 1 is 0.939 bits per heavy atom. The fourth-order valence-corrected chi connectivity index (χ4v) is 4.41. The van der Waals surface area contributed by atoms with Crippen LogP contribution in [0.2, 0.25) is 0 Å². The van der Waals surface area contributed by atoms with Gasteiger partial charge >= 0.3 is 0 Å². The summed E-state index contributed by atoms with van der Waals surface area (Å²) in [5.41, 5.74) is 2.14. The Bertz CT molecular complexity index is 1040. The van der Waals surface area contributed by atoms with E-state index in [1.54, 1.807) is 14.2 Å². The van der Waals surface area contributed by atoms with E-state index in [0.717, 1.165) is 55.6 Å². The highest BCUT2D eigenvalue weighted by Gasteiger charge is 2.35. The van der Waals surface area contributed by atoms with Crippen molar-refractivity contribution >= 4 is 0 Å². The van der Waals surface area contributed by atoms with Crippen molar-refractivity contribution in [2.45, 2.75) is 38.9 Å². The summed E-state index contributed by atoms with van der Waals surface area (Å²) in [6.45, 7) is 11.1. The average Bonchev–Trinajstić information content (AvgIpc) is 3.31. The number of aromatic nitrogens is 4. The molecule has 1 aromatic heterocycles. The Balaban J connectivity index is 1.64. The first-order valence-corrected chi connectivity index (χ1v) is 11.4. The van der Waals surface area contributed by atoms with Gasteiger partial charge in [-0.1, -0.05) is 30.3 Å². The van der Waals surface area contributed by atoms with Gasteiger partial charge in [-0.2, -0.15) is 0 Å². The van der Waals surface area contributed by atoms with Gasteiger partial charge in [-0.15, -0.1) is 5.10 Å². The van der Waals surface area contributed by atoms with E-state index in [9.17, 15) is 0 Å². The van der Waals surface area contributed by atoms with Crippen LogP contribution in [-0.4, -0.2) is 70.4 Å². The minimum absolute atomic E-state index is 0.126. The zero-order valence-electron chi connectivity index (χ0n) is 20.2. The SMILES string of the molecule is COc1ccc([C@H](c2nnnn2C(C)(C)C)N2CCN(Cc3ccccc3)CC2)c(OC)c1. The van der Waals surface area contributed by atoms with Gasteiger partial charge in [0.15, 0.2) is 5.82 Å². The lowest BCUT2D eigenvalue weighted by atomic mass is 10.00. The highest BCUT2D eigenvalue weighted by molar-refractivity contribution is 5.44. The van der Waals surface area contributed by atoms with Crippen LogP contribution in [0.3, 0.4) is 0 Å². The van der Waals surface area contributed by atoms with E-state index >= 15 is 0 Å². The molecule has 0 radical (unpaired) electrons. The molecule has 0 saturated carbocycles.